The molecule has 1 aromatic carbocycles. The number of carbonyl (C=O) groups excluding carboxylic acids is 3. The highest BCUT2D eigenvalue weighted by molar-refractivity contribution is 6.22. The summed E-state index contributed by atoms with van der Waals surface area (Å²) in [5.41, 5.74) is -4.17. The van der Waals surface area contributed by atoms with Crippen LogP contribution >= 0.6 is 0 Å². The van der Waals surface area contributed by atoms with Gasteiger partial charge in [-0.05, 0) is 43.9 Å². The van der Waals surface area contributed by atoms with Gasteiger partial charge in [0, 0.05) is 82.3 Å². The third-order valence-electron chi connectivity index (χ3n) is 14.5. The van der Waals surface area contributed by atoms with E-state index in [9.17, 15) is 24.6 Å². The number of aliphatic hydroxyl groups is 2. The monoisotopic (exact) mass is 682 g/mol. The second kappa shape index (κ2) is 11.3. The highest BCUT2D eigenvalue weighted by atomic mass is 16.5. The lowest BCUT2D eigenvalue weighted by molar-refractivity contribution is -0.320. The van der Waals surface area contributed by atoms with Crippen molar-refractivity contribution in [3.05, 3.63) is 29.8 Å². The van der Waals surface area contributed by atoms with Crippen molar-refractivity contribution in [1.29, 1.82) is 0 Å². The molecule has 7 aliphatic rings. The van der Waals surface area contributed by atoms with Crippen molar-refractivity contribution in [3.63, 3.8) is 0 Å². The van der Waals surface area contributed by atoms with E-state index in [0.717, 1.165) is 11.3 Å². The number of ether oxygens (including phenoxy) is 5. The van der Waals surface area contributed by atoms with E-state index in [2.05, 4.69) is 11.8 Å². The fraction of sp³-hybridized carbons (Fsp3) is 0.757. The molecule has 7 fully saturated rings. The molecule has 2 amide bonds. The molecule has 2 aliphatic heterocycles. The van der Waals surface area contributed by atoms with E-state index < -0.39 is 46.1 Å². The van der Waals surface area contributed by atoms with Gasteiger partial charge in [0.1, 0.15) is 11.2 Å². The molecule has 49 heavy (non-hydrogen) atoms. The van der Waals surface area contributed by atoms with Crippen molar-refractivity contribution < 1.29 is 48.3 Å². The van der Waals surface area contributed by atoms with Gasteiger partial charge in [0.15, 0.2) is 0 Å². The van der Waals surface area contributed by atoms with Crippen molar-refractivity contribution >= 4 is 23.5 Å². The van der Waals surface area contributed by atoms with Crippen molar-refractivity contribution in [2.75, 3.05) is 53.0 Å². The Bertz CT molecular complexity index is 1560. The lowest BCUT2D eigenvalue weighted by atomic mass is 9.42. The van der Waals surface area contributed by atoms with E-state index in [1.807, 2.05) is 0 Å². The molecule has 14 atom stereocenters. The number of nitrogens with zero attached hydrogens (tertiary/aromatic N) is 2. The number of rotatable bonds is 9. The zero-order valence-corrected chi connectivity index (χ0v) is 29.3. The van der Waals surface area contributed by atoms with Crippen LogP contribution in [0.25, 0.3) is 0 Å². The van der Waals surface area contributed by atoms with Crippen molar-refractivity contribution in [2.24, 2.45) is 40.4 Å². The number of piperidine rings is 1. The number of fused-ring (bicyclic) bond motifs is 2. The van der Waals surface area contributed by atoms with E-state index in [4.69, 9.17) is 23.7 Å². The first-order valence-electron chi connectivity index (χ1n) is 17.9. The van der Waals surface area contributed by atoms with Crippen molar-refractivity contribution in [1.82, 2.24) is 4.90 Å². The fourth-order valence-electron chi connectivity index (χ4n) is 13.2. The molecule has 0 radical (unpaired) electrons. The first-order chi connectivity index (χ1) is 23.4. The molecule has 1 aromatic rings. The average Bonchev–Trinajstić information content (AvgIpc) is 3.63. The van der Waals surface area contributed by atoms with Gasteiger partial charge in [-0.15, -0.1) is 0 Å². The Balaban J connectivity index is 1.23. The number of imide groups is 1. The van der Waals surface area contributed by atoms with Gasteiger partial charge in [-0.25, -0.2) is 9.69 Å². The zero-order valence-electron chi connectivity index (χ0n) is 29.3. The van der Waals surface area contributed by atoms with Gasteiger partial charge < -0.3 is 33.9 Å². The number of anilines is 1. The van der Waals surface area contributed by atoms with Crippen molar-refractivity contribution in [3.8, 4) is 0 Å². The number of likely N-dealkylation sites (N-methyl/N-ethyl adjacent to an activating group) is 1. The van der Waals surface area contributed by atoms with Gasteiger partial charge in [0.2, 0.25) is 11.8 Å². The van der Waals surface area contributed by atoms with Gasteiger partial charge in [-0.3, -0.25) is 14.5 Å². The van der Waals surface area contributed by atoms with Crippen molar-refractivity contribution in [2.45, 2.75) is 87.6 Å². The Morgan fingerprint density at radius 1 is 1.04 bits per heavy atom. The minimum Gasteiger partial charge on any atom is -0.461 e. The molecule has 8 rings (SSSR count). The van der Waals surface area contributed by atoms with Crippen LogP contribution in [-0.4, -0.2) is 123 Å². The maximum atomic E-state index is 14.1. The van der Waals surface area contributed by atoms with E-state index in [-0.39, 0.29) is 84.5 Å². The van der Waals surface area contributed by atoms with Crippen LogP contribution < -0.4 is 4.90 Å². The summed E-state index contributed by atoms with van der Waals surface area (Å²) in [5, 5.41) is 26.6. The summed E-state index contributed by atoms with van der Waals surface area (Å²) < 4.78 is 31.4. The molecule has 12 nitrogen and oxygen atoms in total. The third kappa shape index (κ3) is 3.86. The number of esters is 1. The number of hydrogen-bond donors (Lipinski definition) is 2. The van der Waals surface area contributed by atoms with E-state index in [0.29, 0.717) is 25.9 Å². The first kappa shape index (κ1) is 33.7. The Hall–Kier alpha value is -2.45. The average molecular weight is 683 g/mol. The van der Waals surface area contributed by atoms with Gasteiger partial charge in [0.25, 0.3) is 0 Å². The molecule has 0 aromatic heterocycles. The summed E-state index contributed by atoms with van der Waals surface area (Å²) in [6.45, 7) is 4.95. The predicted octanol–water partition coefficient (Wildman–Crippen LogP) is 2.04. The molecule has 7 bridgehead atoms. The second-order valence-corrected chi connectivity index (χ2v) is 16.0. The molecule has 1 spiro atoms. The topological polar surface area (TPSA) is 144 Å². The smallest absolute Gasteiger partial charge is 0.340 e. The van der Waals surface area contributed by atoms with Gasteiger partial charge in [0.05, 0.1) is 48.3 Å². The second-order valence-electron chi connectivity index (χ2n) is 16.0. The molecular weight excluding hydrogens is 632 g/mol. The van der Waals surface area contributed by atoms with Gasteiger partial charge in [-0.2, -0.15) is 0 Å². The fourth-order valence-corrected chi connectivity index (χ4v) is 13.2. The van der Waals surface area contributed by atoms with E-state index >= 15 is 0 Å². The maximum Gasteiger partial charge on any atom is 0.340 e. The highest BCUT2D eigenvalue weighted by Crippen LogP contribution is 2.80. The Morgan fingerprint density at radius 2 is 1.80 bits per heavy atom. The Labute approximate surface area is 287 Å². The van der Waals surface area contributed by atoms with Gasteiger partial charge >= 0.3 is 5.97 Å². The van der Waals surface area contributed by atoms with Crippen LogP contribution in [0, 0.1) is 40.4 Å². The summed E-state index contributed by atoms with van der Waals surface area (Å²) in [4.78, 5) is 43.3. The molecule has 2 heterocycles. The van der Waals surface area contributed by atoms with Crippen LogP contribution in [0.5, 0.6) is 0 Å². The molecule has 0 unspecified atom stereocenters. The van der Waals surface area contributed by atoms with Crippen LogP contribution in [0.4, 0.5) is 5.69 Å². The lowest BCUT2D eigenvalue weighted by Crippen LogP contribution is -2.82. The SMILES string of the molecule is CCN1C[C@]2(COC(=O)c3ccccc3N3C(=O)C[C@@H](C)C3=O)CC[C@H](OC)[C@]34[C@@H]5C[C@H]6[C@H](OC)[C@@H]5[C@](O)(C[C@@H]6OC)[C@@](O)([C@H]13)[C@@H](OC)[C@H]24. The van der Waals surface area contributed by atoms with Crippen LogP contribution in [0.15, 0.2) is 24.3 Å². The lowest BCUT2D eigenvalue weighted by Gasteiger charge is -2.70. The number of methoxy groups -OCH3 is 4. The number of amides is 2. The minimum atomic E-state index is -1.70. The van der Waals surface area contributed by atoms with Gasteiger partial charge in [-0.1, -0.05) is 26.0 Å². The number of para-hydroxylation sites is 1. The summed E-state index contributed by atoms with van der Waals surface area (Å²) >= 11 is 0. The summed E-state index contributed by atoms with van der Waals surface area (Å²) in [6.07, 6.45) is 0.813. The number of hydrogen-bond acceptors (Lipinski definition) is 11. The number of carbonyl (C=O) groups is 3. The normalized spacial score (nSPS) is 48.0. The van der Waals surface area contributed by atoms with E-state index in [1.165, 1.54) is 0 Å². The quantitative estimate of drug-likeness (QED) is 0.292. The summed E-state index contributed by atoms with van der Waals surface area (Å²) in [5.74, 6) is -2.47. The molecule has 5 saturated carbocycles. The largest absolute Gasteiger partial charge is 0.461 e. The van der Waals surface area contributed by atoms with E-state index in [1.54, 1.807) is 59.6 Å². The summed E-state index contributed by atoms with van der Waals surface area (Å²) in [7, 11) is 6.70. The molecular formula is C37H50N2O10. The Morgan fingerprint density at radius 3 is 2.43 bits per heavy atom. The third-order valence-corrected chi connectivity index (χ3v) is 14.5. The molecule has 12 heteroatoms. The number of benzene rings is 1. The molecule has 5 aliphatic carbocycles. The summed E-state index contributed by atoms with van der Waals surface area (Å²) in [6, 6.07) is 6.12. The minimum absolute atomic E-state index is 0.0358. The van der Waals surface area contributed by atoms with Crippen LogP contribution in [0.3, 0.4) is 0 Å². The molecule has 2 saturated heterocycles. The van der Waals surface area contributed by atoms with Crippen LogP contribution in [0.1, 0.15) is 56.3 Å². The standard InChI is InChI=1S/C37H50N2O10/c1-7-38-17-34(18-49-32(42)20-10-8-9-11-23(20)39-26(40)14-19(2)31(39)41)13-12-25(46-4)36-22-15-21-24(45-3)16-35(43,27(22)28(21)47-5)37(44,33(36)38)30(48-6)29(34)36/h8-11,19,21-22,24-25,27-30,33,43-44H,7,12-18H2,1-6H3/t19-,21-,22-,24+,25+,27-,28+,29-,30+,33-,34+,35-,36+,37+/m1/s1. The van der Waals surface area contributed by atoms with Crippen LogP contribution in [0.2, 0.25) is 0 Å². The maximum absolute atomic E-state index is 14.1. The first-order valence-corrected chi connectivity index (χ1v) is 17.9. The highest BCUT2D eigenvalue weighted by Gasteiger charge is 2.91. The zero-order chi connectivity index (χ0) is 34.8. The molecule has 2 N–H and O–H groups in total. The number of likely N-dealkylation sites (tertiary alicyclic amines) is 1. The van der Waals surface area contributed by atoms with Crippen LogP contribution in [-0.2, 0) is 33.3 Å². The Kier molecular flexibility index (Phi) is 7.75. The molecule has 268 valence electrons. The predicted molar refractivity (Wildman–Crippen MR) is 174 cm³/mol.